The van der Waals surface area contributed by atoms with E-state index in [0.717, 1.165) is 26.1 Å². The molecule has 1 aliphatic rings. The molecule has 1 saturated heterocycles. The molecule has 1 heterocycles. The fraction of sp³-hybridized carbons (Fsp3) is 0.448. The summed E-state index contributed by atoms with van der Waals surface area (Å²) >= 11 is 0. The lowest BCUT2D eigenvalue weighted by Gasteiger charge is -2.27. The van der Waals surface area contributed by atoms with Crippen molar-refractivity contribution in [3.63, 3.8) is 0 Å². The summed E-state index contributed by atoms with van der Waals surface area (Å²) < 4.78 is 19.4. The molecule has 0 spiro atoms. The third kappa shape index (κ3) is 6.52. The molecule has 7 heteroatoms. The van der Waals surface area contributed by atoms with Gasteiger partial charge in [-0.05, 0) is 80.4 Å². The summed E-state index contributed by atoms with van der Waals surface area (Å²) in [5.41, 5.74) is 0.975. The van der Waals surface area contributed by atoms with Crippen LogP contribution in [0.4, 0.5) is 4.39 Å². The number of hydrogen-bond donors (Lipinski definition) is 1. The van der Waals surface area contributed by atoms with Gasteiger partial charge in [-0.15, -0.1) is 0 Å². The number of benzene rings is 2. The van der Waals surface area contributed by atoms with Crippen LogP contribution in [0.5, 0.6) is 5.75 Å². The largest absolute Gasteiger partial charge is 0.507 e. The molecule has 1 amide bonds. The number of rotatable bonds is 12. The maximum Gasteiger partial charge on any atom is 0.295 e. The van der Waals surface area contributed by atoms with Gasteiger partial charge in [0.05, 0.1) is 18.2 Å². The fourth-order valence-corrected chi connectivity index (χ4v) is 4.41. The number of aliphatic hydroxyl groups excluding tert-OH is 1. The predicted octanol–water partition coefficient (Wildman–Crippen LogP) is 5.40. The summed E-state index contributed by atoms with van der Waals surface area (Å²) in [6.45, 7) is 11.9. The molecule has 2 aromatic carbocycles. The van der Waals surface area contributed by atoms with E-state index in [9.17, 15) is 19.1 Å². The number of halogens is 1. The minimum atomic E-state index is -0.764. The number of aliphatic hydroxyl groups is 1. The Balaban J connectivity index is 1.99. The third-order valence-corrected chi connectivity index (χ3v) is 6.56. The lowest BCUT2D eigenvalue weighted by atomic mass is 9.95. The maximum atomic E-state index is 13.5. The molecule has 1 N–H and O–H groups in total. The van der Waals surface area contributed by atoms with Crippen LogP contribution < -0.4 is 4.74 Å². The van der Waals surface area contributed by atoms with E-state index in [2.05, 4.69) is 32.6 Å². The molecule has 0 aliphatic carbocycles. The number of ether oxygens (including phenoxy) is 1. The molecule has 2 aromatic rings. The van der Waals surface area contributed by atoms with Crippen molar-refractivity contribution >= 4 is 17.4 Å². The number of hydrogen-bond acceptors (Lipinski definition) is 5. The summed E-state index contributed by atoms with van der Waals surface area (Å²) in [4.78, 5) is 30.2. The van der Waals surface area contributed by atoms with Crippen LogP contribution in [0.25, 0.3) is 5.76 Å². The van der Waals surface area contributed by atoms with Crippen LogP contribution in [0, 0.1) is 11.7 Å². The lowest BCUT2D eigenvalue weighted by molar-refractivity contribution is -0.140. The summed E-state index contributed by atoms with van der Waals surface area (Å²) in [5.74, 6) is -1.00. The average molecular weight is 497 g/mol. The minimum absolute atomic E-state index is 0.00813. The van der Waals surface area contributed by atoms with Crippen molar-refractivity contribution in [1.29, 1.82) is 0 Å². The van der Waals surface area contributed by atoms with Gasteiger partial charge in [-0.25, -0.2) is 4.39 Å². The first-order valence-corrected chi connectivity index (χ1v) is 12.8. The molecule has 1 aliphatic heterocycles. The molecule has 0 aromatic heterocycles. The standard InChI is InChI=1S/C29H37FN2O4/c1-5-31(6-2)16-8-17-32-26(22-9-7-10-24(19-22)36-18-15-20(3)4)25(28(34)29(32)35)27(33)21-11-13-23(30)14-12-21/h7,9-14,19-20,26,33H,5-6,8,15-18H2,1-4H3/b27-25+. The Kier molecular flexibility index (Phi) is 9.65. The average Bonchev–Trinajstić information content (AvgIpc) is 3.11. The quantitative estimate of drug-likeness (QED) is 0.242. The van der Waals surface area contributed by atoms with Crippen molar-refractivity contribution in [2.75, 3.05) is 32.8 Å². The van der Waals surface area contributed by atoms with Gasteiger partial charge in [0.25, 0.3) is 11.7 Å². The van der Waals surface area contributed by atoms with E-state index in [1.54, 1.807) is 0 Å². The molecule has 0 saturated carbocycles. The number of carbonyl (C=O) groups is 2. The molecular weight excluding hydrogens is 459 g/mol. The first kappa shape index (κ1) is 27.4. The van der Waals surface area contributed by atoms with Crippen LogP contribution in [0.1, 0.15) is 57.7 Å². The van der Waals surface area contributed by atoms with Gasteiger partial charge in [0.15, 0.2) is 0 Å². The fourth-order valence-electron chi connectivity index (χ4n) is 4.41. The number of ketones is 1. The zero-order valence-corrected chi connectivity index (χ0v) is 21.7. The topological polar surface area (TPSA) is 70.1 Å². The van der Waals surface area contributed by atoms with E-state index < -0.39 is 23.5 Å². The number of amides is 1. The van der Waals surface area contributed by atoms with Crippen LogP contribution in [-0.4, -0.2) is 59.4 Å². The Morgan fingerprint density at radius 2 is 1.81 bits per heavy atom. The monoisotopic (exact) mass is 496 g/mol. The summed E-state index contributed by atoms with van der Waals surface area (Å²) in [5, 5.41) is 11.1. The summed E-state index contributed by atoms with van der Waals surface area (Å²) in [6, 6.07) is 11.8. The Bertz CT molecular complexity index is 1080. The van der Waals surface area contributed by atoms with Crippen LogP contribution in [0.2, 0.25) is 0 Å². The molecule has 194 valence electrons. The van der Waals surface area contributed by atoms with Crippen molar-refractivity contribution in [3.05, 3.63) is 71.0 Å². The summed E-state index contributed by atoms with van der Waals surface area (Å²) in [7, 11) is 0. The van der Waals surface area contributed by atoms with Gasteiger partial charge in [-0.1, -0.05) is 39.8 Å². The highest BCUT2D eigenvalue weighted by molar-refractivity contribution is 6.46. The van der Waals surface area contributed by atoms with Gasteiger partial charge in [-0.2, -0.15) is 0 Å². The summed E-state index contributed by atoms with van der Waals surface area (Å²) in [6.07, 6.45) is 1.59. The van der Waals surface area contributed by atoms with Crippen molar-refractivity contribution < 1.29 is 23.8 Å². The maximum absolute atomic E-state index is 13.5. The first-order valence-electron chi connectivity index (χ1n) is 12.8. The van der Waals surface area contributed by atoms with Crippen LogP contribution in [0.15, 0.2) is 54.1 Å². The molecule has 1 atom stereocenters. The molecule has 6 nitrogen and oxygen atoms in total. The van der Waals surface area contributed by atoms with E-state index >= 15 is 0 Å². The number of likely N-dealkylation sites (tertiary alicyclic amines) is 1. The second-order valence-electron chi connectivity index (χ2n) is 9.48. The van der Waals surface area contributed by atoms with Crippen molar-refractivity contribution in [2.24, 2.45) is 5.92 Å². The third-order valence-electron chi connectivity index (χ3n) is 6.56. The highest BCUT2D eigenvalue weighted by Crippen LogP contribution is 2.40. The van der Waals surface area contributed by atoms with Gasteiger partial charge in [0, 0.05) is 12.1 Å². The highest BCUT2D eigenvalue weighted by Gasteiger charge is 2.45. The van der Waals surface area contributed by atoms with E-state index in [4.69, 9.17) is 4.74 Å². The Labute approximate surface area is 213 Å². The van der Waals surface area contributed by atoms with E-state index in [-0.39, 0.29) is 16.9 Å². The number of carbonyl (C=O) groups excluding carboxylic acids is 2. The molecule has 3 rings (SSSR count). The zero-order chi connectivity index (χ0) is 26.2. The zero-order valence-electron chi connectivity index (χ0n) is 21.7. The molecule has 0 radical (unpaired) electrons. The number of Topliss-reactive ketones (excluding diaryl/α,β-unsaturated/α-hetero) is 1. The van der Waals surface area contributed by atoms with Gasteiger partial charge in [0.1, 0.15) is 17.3 Å². The Morgan fingerprint density at radius 1 is 1.11 bits per heavy atom. The second kappa shape index (κ2) is 12.7. The van der Waals surface area contributed by atoms with E-state index in [1.807, 2.05) is 24.3 Å². The number of nitrogens with zero attached hydrogens (tertiary/aromatic N) is 2. The Morgan fingerprint density at radius 3 is 2.44 bits per heavy atom. The van der Waals surface area contributed by atoms with Crippen molar-refractivity contribution in [1.82, 2.24) is 9.80 Å². The van der Waals surface area contributed by atoms with E-state index in [0.29, 0.717) is 36.8 Å². The molecule has 36 heavy (non-hydrogen) atoms. The molecule has 0 bridgehead atoms. The predicted molar refractivity (Wildman–Crippen MR) is 139 cm³/mol. The highest BCUT2D eigenvalue weighted by atomic mass is 19.1. The van der Waals surface area contributed by atoms with Gasteiger partial charge in [0.2, 0.25) is 0 Å². The van der Waals surface area contributed by atoms with Gasteiger partial charge < -0.3 is 19.6 Å². The van der Waals surface area contributed by atoms with Crippen LogP contribution in [0.3, 0.4) is 0 Å². The molecular formula is C29H37FN2O4. The smallest absolute Gasteiger partial charge is 0.295 e. The Hall–Kier alpha value is -3.19. The first-order chi connectivity index (χ1) is 17.3. The molecule has 1 fully saturated rings. The SMILES string of the molecule is CCN(CC)CCCN1C(=O)C(=O)/C(=C(/O)c2ccc(F)cc2)C1c1cccc(OCCC(C)C)c1. The van der Waals surface area contributed by atoms with Gasteiger partial charge in [-0.3, -0.25) is 9.59 Å². The molecule has 1 unspecified atom stereocenters. The van der Waals surface area contributed by atoms with Crippen molar-refractivity contribution in [2.45, 2.75) is 46.6 Å². The minimum Gasteiger partial charge on any atom is -0.507 e. The van der Waals surface area contributed by atoms with Crippen molar-refractivity contribution in [3.8, 4) is 5.75 Å². The van der Waals surface area contributed by atoms with Crippen LogP contribution >= 0.6 is 0 Å². The van der Waals surface area contributed by atoms with Crippen LogP contribution in [-0.2, 0) is 9.59 Å². The van der Waals surface area contributed by atoms with Gasteiger partial charge >= 0.3 is 0 Å². The second-order valence-corrected chi connectivity index (χ2v) is 9.48. The normalized spacial score (nSPS) is 17.4. The van der Waals surface area contributed by atoms with E-state index in [1.165, 1.54) is 29.2 Å². The lowest BCUT2D eigenvalue weighted by Crippen LogP contribution is -2.33.